The first-order valence-corrected chi connectivity index (χ1v) is 7.87. The van der Waals surface area contributed by atoms with Crippen molar-refractivity contribution in [3.05, 3.63) is 46.5 Å². The molecule has 0 aliphatic heterocycles. The zero-order valence-corrected chi connectivity index (χ0v) is 13.9. The standard InChI is InChI=1S/C13H13Cl4N3O/c14-5-10(16)4-13(21,6-20-8-18-7-19-20)11-2-1-9(15)3-12(11)17/h1-3,7-8,10,21H,4-6H2. The van der Waals surface area contributed by atoms with Crippen molar-refractivity contribution in [1.82, 2.24) is 14.8 Å². The van der Waals surface area contributed by atoms with Gasteiger partial charge in [0.25, 0.3) is 0 Å². The molecule has 0 bridgehead atoms. The average molecular weight is 369 g/mol. The SMILES string of the molecule is OC(CC(Cl)CCl)(Cn1cncn1)c1ccc(Cl)cc1Cl. The van der Waals surface area contributed by atoms with E-state index in [1.807, 2.05) is 0 Å². The van der Waals surface area contributed by atoms with Crippen LogP contribution in [-0.4, -0.2) is 31.1 Å². The van der Waals surface area contributed by atoms with E-state index in [0.29, 0.717) is 15.6 Å². The molecule has 2 atom stereocenters. The van der Waals surface area contributed by atoms with Gasteiger partial charge in [-0.25, -0.2) is 9.67 Å². The smallest absolute Gasteiger partial charge is 0.137 e. The van der Waals surface area contributed by atoms with Crippen LogP contribution in [0.15, 0.2) is 30.9 Å². The highest BCUT2D eigenvalue weighted by Gasteiger charge is 2.34. The Hall–Kier alpha value is -0.520. The number of halogens is 4. The molecule has 0 radical (unpaired) electrons. The van der Waals surface area contributed by atoms with Crippen LogP contribution in [0.3, 0.4) is 0 Å². The Morgan fingerprint density at radius 1 is 1.33 bits per heavy atom. The minimum atomic E-state index is -1.32. The number of hydrogen-bond acceptors (Lipinski definition) is 3. The molecule has 0 amide bonds. The predicted molar refractivity (Wildman–Crippen MR) is 85.4 cm³/mol. The highest BCUT2D eigenvalue weighted by atomic mass is 35.5. The van der Waals surface area contributed by atoms with Crippen LogP contribution in [-0.2, 0) is 12.1 Å². The van der Waals surface area contributed by atoms with Gasteiger partial charge >= 0.3 is 0 Å². The normalized spacial score (nSPS) is 15.7. The van der Waals surface area contributed by atoms with Crippen molar-refractivity contribution in [2.75, 3.05) is 5.88 Å². The number of rotatable bonds is 6. The molecular weight excluding hydrogens is 356 g/mol. The van der Waals surface area contributed by atoms with Gasteiger partial charge in [0.1, 0.15) is 18.3 Å². The number of aliphatic hydroxyl groups is 1. The first-order chi connectivity index (χ1) is 9.94. The molecule has 1 aromatic heterocycles. The van der Waals surface area contributed by atoms with Gasteiger partial charge in [-0.2, -0.15) is 5.10 Å². The molecule has 1 heterocycles. The molecule has 2 unspecified atom stereocenters. The first-order valence-electron chi connectivity index (χ1n) is 6.15. The summed E-state index contributed by atoms with van der Waals surface area (Å²) in [6.45, 7) is 0.161. The van der Waals surface area contributed by atoms with Crippen LogP contribution in [0, 0.1) is 0 Å². The van der Waals surface area contributed by atoms with Crippen LogP contribution in [0.4, 0.5) is 0 Å². The fourth-order valence-corrected chi connectivity index (χ4v) is 3.08. The molecule has 114 valence electrons. The van der Waals surface area contributed by atoms with Crippen molar-refractivity contribution in [3.63, 3.8) is 0 Å². The Labute approximate surface area is 142 Å². The summed E-state index contributed by atoms with van der Waals surface area (Å²) in [5.41, 5.74) is -0.795. The molecule has 2 aromatic rings. The molecule has 1 N–H and O–H groups in total. The number of benzene rings is 1. The van der Waals surface area contributed by atoms with E-state index < -0.39 is 11.0 Å². The van der Waals surface area contributed by atoms with Gasteiger partial charge in [0, 0.05) is 21.5 Å². The quantitative estimate of drug-likeness (QED) is 0.790. The van der Waals surface area contributed by atoms with Gasteiger partial charge in [-0.05, 0) is 18.6 Å². The summed E-state index contributed by atoms with van der Waals surface area (Å²) in [7, 11) is 0. The molecular formula is C13H13Cl4N3O. The van der Waals surface area contributed by atoms with Crippen LogP contribution in [0.1, 0.15) is 12.0 Å². The van der Waals surface area contributed by atoms with Crippen LogP contribution in [0.2, 0.25) is 10.0 Å². The van der Waals surface area contributed by atoms with Crippen LogP contribution in [0.5, 0.6) is 0 Å². The van der Waals surface area contributed by atoms with Gasteiger partial charge in [-0.1, -0.05) is 29.3 Å². The summed E-state index contributed by atoms with van der Waals surface area (Å²) in [5.74, 6) is 0.215. The lowest BCUT2D eigenvalue weighted by atomic mass is 9.89. The molecule has 1 aromatic carbocycles. The van der Waals surface area contributed by atoms with Crippen LogP contribution >= 0.6 is 46.4 Å². The lowest BCUT2D eigenvalue weighted by Crippen LogP contribution is -2.35. The zero-order valence-electron chi connectivity index (χ0n) is 10.9. The zero-order chi connectivity index (χ0) is 15.5. The van der Waals surface area contributed by atoms with E-state index >= 15 is 0 Å². The minimum Gasteiger partial charge on any atom is -0.383 e. The van der Waals surface area contributed by atoms with Gasteiger partial charge in [0.15, 0.2) is 0 Å². The van der Waals surface area contributed by atoms with Crippen LogP contribution in [0.25, 0.3) is 0 Å². The van der Waals surface area contributed by atoms with E-state index in [1.54, 1.807) is 18.2 Å². The van der Waals surface area contributed by atoms with Crippen molar-refractivity contribution in [2.45, 2.75) is 23.9 Å². The second-order valence-electron chi connectivity index (χ2n) is 4.70. The van der Waals surface area contributed by atoms with Crippen molar-refractivity contribution >= 4 is 46.4 Å². The summed E-state index contributed by atoms with van der Waals surface area (Å²) >= 11 is 24.0. The van der Waals surface area contributed by atoms with Gasteiger partial charge in [-0.3, -0.25) is 0 Å². The topological polar surface area (TPSA) is 50.9 Å². The number of alkyl halides is 2. The third kappa shape index (κ3) is 4.24. The predicted octanol–water partition coefficient (Wildman–Crippen LogP) is 3.71. The van der Waals surface area contributed by atoms with E-state index in [-0.39, 0.29) is 18.8 Å². The van der Waals surface area contributed by atoms with E-state index in [1.165, 1.54) is 17.3 Å². The third-order valence-corrected chi connectivity index (χ3v) is 4.44. The number of hydrogen-bond donors (Lipinski definition) is 1. The number of nitrogens with zero attached hydrogens (tertiary/aromatic N) is 3. The van der Waals surface area contributed by atoms with Crippen molar-refractivity contribution in [1.29, 1.82) is 0 Å². The van der Waals surface area contributed by atoms with Crippen molar-refractivity contribution in [2.24, 2.45) is 0 Å². The molecule has 0 spiro atoms. The Balaban J connectivity index is 2.38. The lowest BCUT2D eigenvalue weighted by molar-refractivity contribution is 0.00677. The largest absolute Gasteiger partial charge is 0.383 e. The summed E-state index contributed by atoms with van der Waals surface area (Å²) in [5, 5.41) is 15.5. The fraction of sp³-hybridized carbons (Fsp3) is 0.385. The molecule has 2 rings (SSSR count). The summed E-state index contributed by atoms with van der Waals surface area (Å²) < 4.78 is 1.52. The van der Waals surface area contributed by atoms with Crippen molar-refractivity contribution in [3.8, 4) is 0 Å². The molecule has 0 saturated carbocycles. The van der Waals surface area contributed by atoms with Gasteiger partial charge < -0.3 is 5.11 Å². The molecule has 0 aliphatic rings. The van der Waals surface area contributed by atoms with E-state index in [4.69, 9.17) is 46.4 Å². The monoisotopic (exact) mass is 367 g/mol. The average Bonchev–Trinajstić information content (AvgIpc) is 2.90. The maximum absolute atomic E-state index is 11.1. The first kappa shape index (κ1) is 16.8. The Morgan fingerprint density at radius 2 is 2.10 bits per heavy atom. The molecule has 8 heteroatoms. The second kappa shape index (κ2) is 7.16. The maximum Gasteiger partial charge on any atom is 0.137 e. The van der Waals surface area contributed by atoms with Gasteiger partial charge in [0.05, 0.1) is 11.9 Å². The molecule has 21 heavy (non-hydrogen) atoms. The Bertz CT molecular complexity index is 593. The fourth-order valence-electron chi connectivity index (χ4n) is 2.13. The Kier molecular flexibility index (Phi) is 5.74. The second-order valence-corrected chi connectivity index (χ2v) is 6.47. The van der Waals surface area contributed by atoms with Gasteiger partial charge in [-0.15, -0.1) is 23.2 Å². The van der Waals surface area contributed by atoms with Crippen LogP contribution < -0.4 is 0 Å². The third-order valence-electron chi connectivity index (χ3n) is 3.05. The highest BCUT2D eigenvalue weighted by Crippen LogP contribution is 2.36. The highest BCUT2D eigenvalue weighted by molar-refractivity contribution is 6.35. The summed E-state index contributed by atoms with van der Waals surface area (Å²) in [4.78, 5) is 3.86. The van der Waals surface area contributed by atoms with Crippen molar-refractivity contribution < 1.29 is 5.11 Å². The molecule has 0 fully saturated rings. The number of aromatic nitrogens is 3. The van der Waals surface area contributed by atoms with E-state index in [9.17, 15) is 5.11 Å². The molecule has 0 aliphatic carbocycles. The lowest BCUT2D eigenvalue weighted by Gasteiger charge is -2.31. The molecule has 4 nitrogen and oxygen atoms in total. The van der Waals surface area contributed by atoms with E-state index in [2.05, 4.69) is 10.1 Å². The summed E-state index contributed by atoms with van der Waals surface area (Å²) in [6, 6.07) is 4.92. The molecule has 0 saturated heterocycles. The maximum atomic E-state index is 11.1. The Morgan fingerprint density at radius 3 is 2.67 bits per heavy atom. The van der Waals surface area contributed by atoms with Gasteiger partial charge in [0.2, 0.25) is 0 Å². The minimum absolute atomic E-state index is 0.161. The summed E-state index contributed by atoms with van der Waals surface area (Å²) in [6.07, 6.45) is 3.13. The van der Waals surface area contributed by atoms with E-state index in [0.717, 1.165) is 0 Å².